The maximum atomic E-state index is 10.6. The Morgan fingerprint density at radius 2 is 2.12 bits per heavy atom. The maximum absolute atomic E-state index is 10.6. The fourth-order valence-electron chi connectivity index (χ4n) is 1.39. The van der Waals surface area contributed by atoms with Crippen LogP contribution in [0.5, 0.6) is 0 Å². The predicted octanol–water partition coefficient (Wildman–Crippen LogP) is 2.35. The summed E-state index contributed by atoms with van der Waals surface area (Å²) in [4.78, 5) is 10.1. The number of hydrogen-bond donors (Lipinski definition) is 1. The Kier molecular flexibility index (Phi) is 2.70. The molecule has 0 amide bonds. The molecular weight excluding hydrogens is 210 g/mol. The second kappa shape index (κ2) is 4.16. The van der Waals surface area contributed by atoms with Crippen LogP contribution in [0.4, 0.5) is 5.69 Å². The molecule has 1 N–H and O–H groups in total. The van der Waals surface area contributed by atoms with Gasteiger partial charge in [-0.2, -0.15) is 0 Å². The van der Waals surface area contributed by atoms with Crippen LogP contribution in [-0.2, 0) is 6.61 Å². The van der Waals surface area contributed by atoms with E-state index in [0.717, 1.165) is 0 Å². The fraction of sp³-hybridized carbons (Fsp3) is 0.0909. The molecule has 2 aromatic rings. The number of rotatable bonds is 3. The quantitative estimate of drug-likeness (QED) is 0.634. The summed E-state index contributed by atoms with van der Waals surface area (Å²) in [6.45, 7) is -0.186. The number of nitro benzene ring substituents is 1. The Morgan fingerprint density at radius 3 is 2.75 bits per heavy atom. The van der Waals surface area contributed by atoms with E-state index in [1.165, 1.54) is 12.1 Å². The highest BCUT2D eigenvalue weighted by molar-refractivity contribution is 5.61. The first kappa shape index (κ1) is 10.4. The number of aliphatic hydroxyl groups is 1. The fourth-order valence-corrected chi connectivity index (χ4v) is 1.39. The number of nitro groups is 1. The van der Waals surface area contributed by atoms with Crippen molar-refractivity contribution in [2.75, 3.05) is 0 Å². The minimum atomic E-state index is -0.459. The zero-order valence-corrected chi connectivity index (χ0v) is 8.29. The van der Waals surface area contributed by atoms with Crippen molar-refractivity contribution in [3.8, 4) is 11.3 Å². The summed E-state index contributed by atoms with van der Waals surface area (Å²) in [6.07, 6.45) is 0. The first-order chi connectivity index (χ1) is 7.70. The van der Waals surface area contributed by atoms with Crippen molar-refractivity contribution in [3.05, 3.63) is 52.3 Å². The monoisotopic (exact) mass is 219 g/mol. The summed E-state index contributed by atoms with van der Waals surface area (Å²) in [5, 5.41) is 19.4. The SMILES string of the molecule is O=[N+]([O-])c1cccc(-c2ccc(CO)o2)c1. The van der Waals surface area contributed by atoms with Crippen LogP contribution >= 0.6 is 0 Å². The smallest absolute Gasteiger partial charge is 0.270 e. The minimum absolute atomic E-state index is 0.0134. The molecule has 0 unspecified atom stereocenters. The lowest BCUT2D eigenvalue weighted by Gasteiger charge is -1.96. The first-order valence-electron chi connectivity index (χ1n) is 4.65. The Labute approximate surface area is 91.1 Å². The van der Waals surface area contributed by atoms with Gasteiger partial charge in [0.1, 0.15) is 18.1 Å². The summed E-state index contributed by atoms with van der Waals surface area (Å²) in [6, 6.07) is 9.46. The summed E-state index contributed by atoms with van der Waals surface area (Å²) in [5.74, 6) is 0.939. The molecule has 5 heteroatoms. The van der Waals surface area contributed by atoms with Crippen molar-refractivity contribution < 1.29 is 14.4 Å². The van der Waals surface area contributed by atoms with E-state index >= 15 is 0 Å². The van der Waals surface area contributed by atoms with Gasteiger partial charge in [0.15, 0.2) is 0 Å². The largest absolute Gasteiger partial charge is 0.459 e. The summed E-state index contributed by atoms with van der Waals surface area (Å²) < 4.78 is 5.28. The normalized spacial score (nSPS) is 10.3. The van der Waals surface area contributed by atoms with Gasteiger partial charge in [-0.25, -0.2) is 0 Å². The molecule has 0 aliphatic rings. The zero-order valence-electron chi connectivity index (χ0n) is 8.29. The third-order valence-electron chi connectivity index (χ3n) is 2.16. The van der Waals surface area contributed by atoms with Gasteiger partial charge in [0, 0.05) is 17.7 Å². The lowest BCUT2D eigenvalue weighted by atomic mass is 10.1. The van der Waals surface area contributed by atoms with E-state index in [0.29, 0.717) is 17.1 Å². The standard InChI is InChI=1S/C11H9NO4/c13-7-10-4-5-11(16-10)8-2-1-3-9(6-8)12(14)15/h1-6,13H,7H2. The average Bonchev–Trinajstić information content (AvgIpc) is 2.77. The van der Waals surface area contributed by atoms with Crippen molar-refractivity contribution in [3.63, 3.8) is 0 Å². The van der Waals surface area contributed by atoms with Crippen LogP contribution in [0.15, 0.2) is 40.8 Å². The topological polar surface area (TPSA) is 76.5 Å². The van der Waals surface area contributed by atoms with Crippen LogP contribution < -0.4 is 0 Å². The molecule has 1 heterocycles. The van der Waals surface area contributed by atoms with E-state index in [2.05, 4.69) is 0 Å². The molecule has 0 saturated heterocycles. The van der Waals surface area contributed by atoms with Crippen molar-refractivity contribution in [1.29, 1.82) is 0 Å². The van der Waals surface area contributed by atoms with E-state index in [1.807, 2.05) is 0 Å². The summed E-state index contributed by atoms with van der Waals surface area (Å²) in [7, 11) is 0. The van der Waals surface area contributed by atoms with Gasteiger partial charge >= 0.3 is 0 Å². The number of non-ortho nitro benzene ring substituents is 1. The third-order valence-corrected chi connectivity index (χ3v) is 2.16. The van der Waals surface area contributed by atoms with Crippen LogP contribution in [0.3, 0.4) is 0 Å². The number of furan rings is 1. The second-order valence-corrected chi connectivity index (χ2v) is 3.23. The molecule has 2 rings (SSSR count). The molecule has 0 spiro atoms. The molecule has 1 aromatic heterocycles. The average molecular weight is 219 g/mol. The van der Waals surface area contributed by atoms with Crippen LogP contribution in [0.1, 0.15) is 5.76 Å². The van der Waals surface area contributed by atoms with Crippen molar-refractivity contribution in [2.24, 2.45) is 0 Å². The molecule has 1 aromatic carbocycles. The highest BCUT2D eigenvalue weighted by atomic mass is 16.6. The molecule has 5 nitrogen and oxygen atoms in total. The van der Waals surface area contributed by atoms with Crippen molar-refractivity contribution in [2.45, 2.75) is 6.61 Å². The van der Waals surface area contributed by atoms with Gasteiger partial charge in [-0.15, -0.1) is 0 Å². The highest BCUT2D eigenvalue weighted by Gasteiger charge is 2.09. The van der Waals surface area contributed by atoms with Gasteiger partial charge in [-0.3, -0.25) is 10.1 Å². The third kappa shape index (κ3) is 1.94. The Bertz CT molecular complexity index is 518. The molecule has 0 atom stereocenters. The molecule has 0 aliphatic heterocycles. The summed E-state index contributed by atoms with van der Waals surface area (Å²) in [5.41, 5.74) is 0.633. The Hall–Kier alpha value is -2.14. The predicted molar refractivity (Wildman–Crippen MR) is 56.7 cm³/mol. The van der Waals surface area contributed by atoms with Gasteiger partial charge in [0.2, 0.25) is 0 Å². The summed E-state index contributed by atoms with van der Waals surface area (Å²) >= 11 is 0. The van der Waals surface area contributed by atoms with E-state index in [9.17, 15) is 10.1 Å². The van der Waals surface area contributed by atoms with Crippen LogP contribution in [-0.4, -0.2) is 10.0 Å². The van der Waals surface area contributed by atoms with Gasteiger partial charge in [0.05, 0.1) is 4.92 Å². The van der Waals surface area contributed by atoms with Crippen molar-refractivity contribution >= 4 is 5.69 Å². The second-order valence-electron chi connectivity index (χ2n) is 3.23. The minimum Gasteiger partial charge on any atom is -0.459 e. The van der Waals surface area contributed by atoms with E-state index < -0.39 is 4.92 Å². The van der Waals surface area contributed by atoms with Gasteiger partial charge in [-0.1, -0.05) is 12.1 Å². The van der Waals surface area contributed by atoms with Crippen LogP contribution in [0, 0.1) is 10.1 Å². The van der Waals surface area contributed by atoms with Gasteiger partial charge in [0.25, 0.3) is 5.69 Å². The zero-order chi connectivity index (χ0) is 11.5. The maximum Gasteiger partial charge on any atom is 0.270 e. The number of aliphatic hydroxyl groups excluding tert-OH is 1. The lowest BCUT2D eigenvalue weighted by Crippen LogP contribution is -1.87. The van der Waals surface area contributed by atoms with E-state index in [1.54, 1.807) is 24.3 Å². The number of benzene rings is 1. The van der Waals surface area contributed by atoms with E-state index in [4.69, 9.17) is 9.52 Å². The van der Waals surface area contributed by atoms with E-state index in [-0.39, 0.29) is 12.3 Å². The van der Waals surface area contributed by atoms with Crippen LogP contribution in [0.25, 0.3) is 11.3 Å². The highest BCUT2D eigenvalue weighted by Crippen LogP contribution is 2.25. The number of hydrogen-bond acceptors (Lipinski definition) is 4. The number of nitrogens with zero attached hydrogens (tertiary/aromatic N) is 1. The molecular formula is C11H9NO4. The molecule has 0 saturated carbocycles. The lowest BCUT2D eigenvalue weighted by molar-refractivity contribution is -0.384. The molecule has 0 aliphatic carbocycles. The molecule has 0 fully saturated rings. The Morgan fingerprint density at radius 1 is 1.31 bits per heavy atom. The van der Waals surface area contributed by atoms with Crippen molar-refractivity contribution in [1.82, 2.24) is 0 Å². The molecule has 0 radical (unpaired) electrons. The van der Waals surface area contributed by atoms with Gasteiger partial charge in [-0.05, 0) is 12.1 Å². The first-order valence-corrected chi connectivity index (χ1v) is 4.65. The Balaban J connectivity index is 2.40. The molecule has 16 heavy (non-hydrogen) atoms. The molecule has 82 valence electrons. The van der Waals surface area contributed by atoms with Crippen LogP contribution in [0.2, 0.25) is 0 Å². The van der Waals surface area contributed by atoms with Gasteiger partial charge < -0.3 is 9.52 Å². The molecule has 0 bridgehead atoms.